The Hall–Kier alpha value is -2.71. The van der Waals surface area contributed by atoms with Gasteiger partial charge in [-0.3, -0.25) is 10.2 Å². The summed E-state index contributed by atoms with van der Waals surface area (Å²) in [5.41, 5.74) is 3.18. The molecule has 6 nitrogen and oxygen atoms in total. The minimum Gasteiger partial charge on any atom is -0.451 e. The number of sulfonamides is 1. The predicted octanol–water partition coefficient (Wildman–Crippen LogP) is 2.50. The van der Waals surface area contributed by atoms with Gasteiger partial charge in [-0.1, -0.05) is 24.3 Å². The van der Waals surface area contributed by atoms with E-state index in [-0.39, 0.29) is 10.7 Å². The van der Waals surface area contributed by atoms with Crippen LogP contribution in [0.15, 0.2) is 57.8 Å². The number of halogens is 1. The van der Waals surface area contributed by atoms with Crippen molar-refractivity contribution in [2.24, 2.45) is 0 Å². The summed E-state index contributed by atoms with van der Waals surface area (Å²) < 4.78 is 42.7. The van der Waals surface area contributed by atoms with Gasteiger partial charge in [-0.05, 0) is 31.2 Å². The topological polar surface area (TPSA) is 88.4 Å². The van der Waals surface area contributed by atoms with E-state index in [9.17, 15) is 17.6 Å². The first kappa shape index (κ1) is 16.2. The van der Waals surface area contributed by atoms with Gasteiger partial charge >= 0.3 is 5.91 Å². The molecule has 0 saturated heterocycles. The zero-order chi connectivity index (χ0) is 17.3. The van der Waals surface area contributed by atoms with E-state index in [1.54, 1.807) is 31.2 Å². The van der Waals surface area contributed by atoms with Gasteiger partial charge in [-0.2, -0.15) is 0 Å². The number of hydrazine groups is 1. The summed E-state index contributed by atoms with van der Waals surface area (Å²) in [7, 11) is -4.09. The molecule has 0 unspecified atom stereocenters. The lowest BCUT2D eigenvalue weighted by Crippen LogP contribution is -2.41. The fourth-order valence-electron chi connectivity index (χ4n) is 2.25. The van der Waals surface area contributed by atoms with Crippen LogP contribution in [-0.2, 0) is 10.0 Å². The number of amides is 1. The molecule has 0 radical (unpaired) electrons. The highest BCUT2D eigenvalue weighted by atomic mass is 32.2. The quantitative estimate of drug-likeness (QED) is 0.709. The maximum atomic E-state index is 13.1. The molecule has 1 amide bonds. The maximum Gasteiger partial charge on any atom is 0.302 e. The molecule has 1 aromatic heterocycles. The summed E-state index contributed by atoms with van der Waals surface area (Å²) >= 11 is 0. The van der Waals surface area contributed by atoms with Crippen LogP contribution in [0.25, 0.3) is 11.0 Å². The van der Waals surface area contributed by atoms with E-state index in [1.165, 1.54) is 12.1 Å². The molecule has 24 heavy (non-hydrogen) atoms. The standard InChI is InChI=1S/C16H13FN2O4S/c1-10-13-7-2-3-8-14(13)23-15(10)16(20)18-19-24(21,22)12-6-4-5-11(17)9-12/h2-9,19H,1H3,(H,18,20). The van der Waals surface area contributed by atoms with Crippen molar-refractivity contribution >= 4 is 26.9 Å². The second kappa shape index (κ2) is 6.06. The van der Waals surface area contributed by atoms with Crippen LogP contribution >= 0.6 is 0 Å². The van der Waals surface area contributed by atoms with Crippen LogP contribution < -0.4 is 10.3 Å². The number of benzene rings is 2. The Morgan fingerprint density at radius 1 is 1.12 bits per heavy atom. The van der Waals surface area contributed by atoms with Gasteiger partial charge in [-0.15, -0.1) is 4.83 Å². The molecule has 1 heterocycles. The van der Waals surface area contributed by atoms with Gasteiger partial charge in [-0.25, -0.2) is 12.8 Å². The van der Waals surface area contributed by atoms with Crippen LogP contribution in [0.5, 0.6) is 0 Å². The molecule has 2 N–H and O–H groups in total. The van der Waals surface area contributed by atoms with Crippen molar-refractivity contribution in [3.8, 4) is 0 Å². The van der Waals surface area contributed by atoms with E-state index in [1.807, 2.05) is 4.83 Å². The van der Waals surface area contributed by atoms with Crippen LogP contribution in [0.4, 0.5) is 4.39 Å². The largest absolute Gasteiger partial charge is 0.451 e. The van der Waals surface area contributed by atoms with Crippen molar-refractivity contribution in [2.75, 3.05) is 0 Å². The normalized spacial score (nSPS) is 11.6. The first-order valence-electron chi connectivity index (χ1n) is 6.94. The fraction of sp³-hybridized carbons (Fsp3) is 0.0625. The van der Waals surface area contributed by atoms with Gasteiger partial charge in [0, 0.05) is 10.9 Å². The van der Waals surface area contributed by atoms with E-state index in [2.05, 4.69) is 5.43 Å². The molecule has 0 atom stereocenters. The summed E-state index contributed by atoms with van der Waals surface area (Å²) in [6, 6.07) is 11.5. The molecule has 3 aromatic rings. The van der Waals surface area contributed by atoms with Gasteiger partial charge in [0.05, 0.1) is 4.90 Å². The number of carbonyl (C=O) groups is 1. The third-order valence-electron chi connectivity index (χ3n) is 3.46. The molecule has 3 rings (SSSR count). The zero-order valence-corrected chi connectivity index (χ0v) is 13.4. The fourth-order valence-corrected chi connectivity index (χ4v) is 3.12. The number of furan rings is 1. The molecule has 0 aliphatic carbocycles. The number of aryl methyl sites for hydroxylation is 1. The molecule has 0 spiro atoms. The molecule has 0 saturated carbocycles. The Bertz CT molecular complexity index is 1030. The number of fused-ring (bicyclic) bond motifs is 1. The van der Waals surface area contributed by atoms with Gasteiger partial charge in [0.25, 0.3) is 10.0 Å². The zero-order valence-electron chi connectivity index (χ0n) is 12.5. The first-order valence-corrected chi connectivity index (χ1v) is 8.42. The van der Waals surface area contributed by atoms with Crippen LogP contribution in [-0.4, -0.2) is 14.3 Å². The van der Waals surface area contributed by atoms with E-state index < -0.39 is 21.7 Å². The molecule has 0 aliphatic rings. The molecule has 0 aliphatic heterocycles. The van der Waals surface area contributed by atoms with Crippen molar-refractivity contribution in [3.05, 3.63) is 65.7 Å². The van der Waals surface area contributed by atoms with E-state index >= 15 is 0 Å². The molecule has 0 bridgehead atoms. The third kappa shape index (κ3) is 3.01. The molecular formula is C16H13FN2O4S. The Kier molecular flexibility index (Phi) is 4.08. The van der Waals surface area contributed by atoms with Crippen LogP contribution in [0, 0.1) is 12.7 Å². The number of para-hydroxylation sites is 1. The Morgan fingerprint density at radius 3 is 2.58 bits per heavy atom. The second-order valence-electron chi connectivity index (χ2n) is 5.07. The van der Waals surface area contributed by atoms with Gasteiger partial charge in [0.2, 0.25) is 0 Å². The minimum atomic E-state index is -4.09. The first-order chi connectivity index (χ1) is 11.4. The van der Waals surface area contributed by atoms with Gasteiger partial charge in [0.15, 0.2) is 5.76 Å². The number of carbonyl (C=O) groups excluding carboxylic acids is 1. The lowest BCUT2D eigenvalue weighted by molar-refractivity contribution is 0.0918. The summed E-state index contributed by atoms with van der Waals surface area (Å²) in [6.45, 7) is 1.70. The lowest BCUT2D eigenvalue weighted by atomic mass is 10.1. The summed E-state index contributed by atoms with van der Waals surface area (Å²) in [5.74, 6) is -1.45. The van der Waals surface area contributed by atoms with Crippen molar-refractivity contribution in [1.82, 2.24) is 10.3 Å². The molecule has 0 fully saturated rings. The number of hydrogen-bond donors (Lipinski definition) is 2. The van der Waals surface area contributed by atoms with Crippen molar-refractivity contribution in [2.45, 2.75) is 11.8 Å². The van der Waals surface area contributed by atoms with E-state index in [0.29, 0.717) is 11.1 Å². The van der Waals surface area contributed by atoms with E-state index in [0.717, 1.165) is 17.5 Å². The number of nitrogens with one attached hydrogen (secondary N) is 2. The van der Waals surface area contributed by atoms with E-state index in [4.69, 9.17) is 4.42 Å². The Balaban J connectivity index is 1.81. The molecular weight excluding hydrogens is 335 g/mol. The predicted molar refractivity (Wildman–Crippen MR) is 85.1 cm³/mol. The lowest BCUT2D eigenvalue weighted by Gasteiger charge is -2.07. The van der Waals surface area contributed by atoms with Gasteiger partial charge in [0.1, 0.15) is 11.4 Å². The third-order valence-corrected chi connectivity index (χ3v) is 4.70. The van der Waals surface area contributed by atoms with Crippen molar-refractivity contribution in [1.29, 1.82) is 0 Å². The highest BCUT2D eigenvalue weighted by Crippen LogP contribution is 2.24. The molecule has 8 heteroatoms. The average molecular weight is 348 g/mol. The van der Waals surface area contributed by atoms with Crippen molar-refractivity contribution < 1.29 is 22.0 Å². The summed E-state index contributed by atoms with van der Waals surface area (Å²) in [5, 5.41) is 0.760. The Labute approximate surface area is 137 Å². The number of rotatable bonds is 4. The maximum absolute atomic E-state index is 13.1. The smallest absolute Gasteiger partial charge is 0.302 e. The average Bonchev–Trinajstić information content (AvgIpc) is 2.90. The Morgan fingerprint density at radius 2 is 1.88 bits per heavy atom. The SMILES string of the molecule is Cc1c(C(=O)NNS(=O)(=O)c2cccc(F)c2)oc2ccccc12. The molecule has 124 valence electrons. The molecule has 2 aromatic carbocycles. The highest BCUT2D eigenvalue weighted by molar-refractivity contribution is 7.89. The summed E-state index contributed by atoms with van der Waals surface area (Å²) in [6.07, 6.45) is 0. The van der Waals surface area contributed by atoms with Crippen LogP contribution in [0.2, 0.25) is 0 Å². The highest BCUT2D eigenvalue weighted by Gasteiger charge is 2.20. The monoisotopic (exact) mass is 348 g/mol. The minimum absolute atomic E-state index is 0.00172. The van der Waals surface area contributed by atoms with Crippen molar-refractivity contribution in [3.63, 3.8) is 0 Å². The van der Waals surface area contributed by atoms with Gasteiger partial charge < -0.3 is 4.42 Å². The van der Waals surface area contributed by atoms with Crippen LogP contribution in [0.3, 0.4) is 0 Å². The van der Waals surface area contributed by atoms with Crippen LogP contribution in [0.1, 0.15) is 16.1 Å². The summed E-state index contributed by atoms with van der Waals surface area (Å²) in [4.78, 5) is 13.8. The second-order valence-corrected chi connectivity index (χ2v) is 6.75. The number of hydrogen-bond acceptors (Lipinski definition) is 4.